The van der Waals surface area contributed by atoms with Crippen molar-refractivity contribution in [3.8, 4) is 17.2 Å². The minimum Gasteiger partial charge on any atom is -0.454 e. The molecule has 2 amide bonds. The molecule has 9 nitrogen and oxygen atoms in total. The van der Waals surface area contributed by atoms with Gasteiger partial charge in [0.05, 0.1) is 10.7 Å². The van der Waals surface area contributed by atoms with E-state index in [4.69, 9.17) is 16.3 Å². The van der Waals surface area contributed by atoms with Gasteiger partial charge in [0, 0.05) is 41.7 Å². The highest BCUT2D eigenvalue weighted by molar-refractivity contribution is 6.30. The lowest BCUT2D eigenvalue weighted by atomic mass is 10.2. The van der Waals surface area contributed by atoms with Gasteiger partial charge in [0.1, 0.15) is 17.4 Å². The second-order valence-electron chi connectivity index (χ2n) is 8.87. The normalized spacial score (nSPS) is 12.6. The van der Waals surface area contributed by atoms with Crippen LogP contribution in [0.4, 0.5) is 20.3 Å². The van der Waals surface area contributed by atoms with Crippen LogP contribution in [0.25, 0.3) is 5.69 Å². The lowest BCUT2D eigenvalue weighted by Gasteiger charge is -2.12. The summed E-state index contributed by atoms with van der Waals surface area (Å²) >= 11 is 5.84. The van der Waals surface area contributed by atoms with Gasteiger partial charge in [-0.2, -0.15) is 5.10 Å². The van der Waals surface area contributed by atoms with Crippen LogP contribution in [0.3, 0.4) is 0 Å². The Morgan fingerprint density at radius 1 is 1.05 bits per heavy atom. The van der Waals surface area contributed by atoms with Gasteiger partial charge >= 0.3 is 0 Å². The number of benzene rings is 2. The summed E-state index contributed by atoms with van der Waals surface area (Å²) in [6.07, 6.45) is 4.49. The Hall–Kier alpha value is -4.64. The number of nitrogens with zero attached hydrogens (tertiary/aromatic N) is 3. The Kier molecular flexibility index (Phi) is 7.07. The van der Waals surface area contributed by atoms with Crippen molar-refractivity contribution in [3.05, 3.63) is 99.1 Å². The molecular formula is C27H20ClF2N5O4. The monoisotopic (exact) mass is 551 g/mol. The molecule has 5 rings (SSSR count). The number of halogens is 3. The van der Waals surface area contributed by atoms with Crippen LogP contribution < -0.4 is 20.8 Å². The van der Waals surface area contributed by atoms with E-state index in [0.29, 0.717) is 5.69 Å². The second kappa shape index (κ2) is 10.6. The van der Waals surface area contributed by atoms with E-state index in [1.807, 2.05) is 0 Å². The molecule has 12 heteroatoms. The molecule has 4 aromatic rings. The zero-order valence-electron chi connectivity index (χ0n) is 20.4. The Morgan fingerprint density at radius 3 is 2.56 bits per heavy atom. The van der Waals surface area contributed by atoms with Gasteiger partial charge in [-0.1, -0.05) is 11.6 Å². The van der Waals surface area contributed by atoms with Gasteiger partial charge in [-0.3, -0.25) is 14.4 Å². The van der Waals surface area contributed by atoms with Crippen LogP contribution in [-0.2, 0) is 4.79 Å². The van der Waals surface area contributed by atoms with E-state index in [1.165, 1.54) is 60.4 Å². The van der Waals surface area contributed by atoms with Crippen LogP contribution in [0, 0.1) is 24.5 Å². The fourth-order valence-electron chi connectivity index (χ4n) is 3.61. The third-order valence-electron chi connectivity index (χ3n) is 5.83. The summed E-state index contributed by atoms with van der Waals surface area (Å²) in [7, 11) is 0. The molecule has 39 heavy (non-hydrogen) atoms. The van der Waals surface area contributed by atoms with Crippen LogP contribution in [-0.4, -0.2) is 26.6 Å². The average Bonchev–Trinajstić information content (AvgIpc) is 3.75. The first-order valence-electron chi connectivity index (χ1n) is 11.8. The van der Waals surface area contributed by atoms with Crippen molar-refractivity contribution in [1.82, 2.24) is 14.8 Å². The number of hydrogen-bond acceptors (Lipinski definition) is 6. The predicted octanol–water partition coefficient (Wildman–Crippen LogP) is 5.26. The summed E-state index contributed by atoms with van der Waals surface area (Å²) in [5.74, 6) is -2.02. The van der Waals surface area contributed by atoms with Crippen LogP contribution in [0.5, 0.6) is 11.5 Å². The minimum absolute atomic E-state index is 0.00383. The fraction of sp³-hybridized carbons (Fsp3) is 0.148. The molecule has 2 aromatic heterocycles. The number of carbonyl (C=O) groups excluding carboxylic acids is 2. The van der Waals surface area contributed by atoms with Gasteiger partial charge < -0.3 is 15.4 Å². The Morgan fingerprint density at radius 2 is 1.85 bits per heavy atom. The standard InChI is InChI=1S/C27H20ClF2N5O4/c1-14-13-35(17-5-6-20(29)19(28)11-17)34-24(25(14)36)27(38)32-16-4-7-22(21(30)10-16)39-18-8-9-31-23(12-18)33-26(37)15-2-3-15/h4-13,15H,2-3H2,1H3,(H,32,38)(H,31,33,37). The summed E-state index contributed by atoms with van der Waals surface area (Å²) in [5.41, 5.74) is -0.488. The lowest BCUT2D eigenvalue weighted by molar-refractivity contribution is -0.117. The van der Waals surface area contributed by atoms with Gasteiger partial charge in [-0.25, -0.2) is 18.4 Å². The Labute approximate surface area is 225 Å². The molecule has 0 aliphatic heterocycles. The molecule has 1 aliphatic rings. The second-order valence-corrected chi connectivity index (χ2v) is 9.28. The summed E-state index contributed by atoms with van der Waals surface area (Å²) < 4.78 is 35.2. The number of nitrogens with one attached hydrogen (secondary N) is 2. The highest BCUT2D eigenvalue weighted by Gasteiger charge is 2.29. The largest absolute Gasteiger partial charge is 0.454 e. The molecule has 1 fully saturated rings. The van der Waals surface area contributed by atoms with E-state index >= 15 is 0 Å². The maximum Gasteiger partial charge on any atom is 0.280 e. The Bertz CT molecular complexity index is 1670. The summed E-state index contributed by atoms with van der Waals surface area (Å²) in [6.45, 7) is 1.50. The fourth-order valence-corrected chi connectivity index (χ4v) is 3.79. The van der Waals surface area contributed by atoms with Crippen LogP contribution in [0.15, 0.2) is 65.7 Å². The number of aromatic nitrogens is 3. The number of ether oxygens (including phenoxy) is 1. The van der Waals surface area contributed by atoms with Crippen LogP contribution >= 0.6 is 11.6 Å². The number of rotatable bonds is 7. The Balaban J connectivity index is 1.32. The highest BCUT2D eigenvalue weighted by atomic mass is 35.5. The third kappa shape index (κ3) is 5.93. The van der Waals surface area contributed by atoms with Gasteiger partial charge in [-0.05, 0) is 56.2 Å². The molecule has 0 saturated heterocycles. The van der Waals surface area contributed by atoms with E-state index < -0.39 is 28.7 Å². The van der Waals surface area contributed by atoms with E-state index in [1.54, 1.807) is 0 Å². The first-order valence-corrected chi connectivity index (χ1v) is 12.2. The van der Waals surface area contributed by atoms with Crippen molar-refractivity contribution in [2.75, 3.05) is 10.6 Å². The van der Waals surface area contributed by atoms with Crippen molar-refractivity contribution in [3.63, 3.8) is 0 Å². The maximum atomic E-state index is 14.8. The third-order valence-corrected chi connectivity index (χ3v) is 6.12. The molecule has 0 spiro atoms. The van der Waals surface area contributed by atoms with Crippen molar-refractivity contribution >= 4 is 34.9 Å². The van der Waals surface area contributed by atoms with Crippen molar-refractivity contribution in [2.45, 2.75) is 19.8 Å². The molecule has 0 radical (unpaired) electrons. The average molecular weight is 552 g/mol. The summed E-state index contributed by atoms with van der Waals surface area (Å²) in [5, 5.41) is 9.06. The number of amides is 2. The molecule has 2 heterocycles. The van der Waals surface area contributed by atoms with E-state index in [2.05, 4.69) is 20.7 Å². The molecule has 0 atom stereocenters. The summed E-state index contributed by atoms with van der Waals surface area (Å²) in [6, 6.07) is 10.5. The van der Waals surface area contributed by atoms with Crippen LogP contribution in [0.2, 0.25) is 5.02 Å². The molecular weight excluding hydrogens is 532 g/mol. The van der Waals surface area contributed by atoms with Gasteiger partial charge in [0.15, 0.2) is 17.3 Å². The maximum absolute atomic E-state index is 14.8. The molecule has 198 valence electrons. The molecule has 0 bridgehead atoms. The molecule has 2 N–H and O–H groups in total. The molecule has 1 aliphatic carbocycles. The molecule has 2 aromatic carbocycles. The smallest absolute Gasteiger partial charge is 0.280 e. The van der Waals surface area contributed by atoms with Gasteiger partial charge in [-0.15, -0.1) is 0 Å². The van der Waals surface area contributed by atoms with E-state index in [9.17, 15) is 23.2 Å². The SMILES string of the molecule is Cc1cn(-c2ccc(F)c(Cl)c2)nc(C(=O)Nc2ccc(Oc3ccnc(NC(=O)C4CC4)c3)c(F)c2)c1=O. The number of carbonyl (C=O) groups is 2. The first-order chi connectivity index (χ1) is 18.7. The van der Waals surface area contributed by atoms with Crippen molar-refractivity contribution in [1.29, 1.82) is 0 Å². The first kappa shape index (κ1) is 26.0. The number of aryl methyl sites for hydroxylation is 1. The number of pyridine rings is 1. The molecule has 1 saturated carbocycles. The van der Waals surface area contributed by atoms with Gasteiger partial charge in [0.2, 0.25) is 11.3 Å². The number of hydrogen-bond donors (Lipinski definition) is 2. The van der Waals surface area contributed by atoms with Gasteiger partial charge in [0.25, 0.3) is 5.91 Å². The van der Waals surface area contributed by atoms with Crippen LogP contribution in [0.1, 0.15) is 28.9 Å². The minimum atomic E-state index is -0.871. The zero-order chi connectivity index (χ0) is 27.7. The quantitative estimate of drug-likeness (QED) is 0.324. The predicted molar refractivity (Wildman–Crippen MR) is 140 cm³/mol. The zero-order valence-corrected chi connectivity index (χ0v) is 21.1. The lowest BCUT2D eigenvalue weighted by Crippen LogP contribution is -2.27. The summed E-state index contributed by atoms with van der Waals surface area (Å²) in [4.78, 5) is 41.5. The van der Waals surface area contributed by atoms with Crippen molar-refractivity contribution < 1.29 is 23.1 Å². The topological polar surface area (TPSA) is 115 Å². The number of anilines is 2. The highest BCUT2D eigenvalue weighted by Crippen LogP contribution is 2.31. The molecule has 0 unspecified atom stereocenters. The van der Waals surface area contributed by atoms with E-state index in [-0.39, 0.29) is 45.4 Å². The van der Waals surface area contributed by atoms with E-state index in [0.717, 1.165) is 25.0 Å². The van der Waals surface area contributed by atoms with Crippen molar-refractivity contribution in [2.24, 2.45) is 5.92 Å².